The van der Waals surface area contributed by atoms with Crippen LogP contribution in [0.3, 0.4) is 0 Å². The maximum atomic E-state index is 13.1. The Morgan fingerprint density at radius 1 is 0.943 bits per heavy atom. The quantitative estimate of drug-likeness (QED) is 0.372. The number of nitrogens with one attached hydrogen (secondary N) is 1. The summed E-state index contributed by atoms with van der Waals surface area (Å²) in [5, 5.41) is 9.56. The molecule has 4 aromatic rings. The smallest absolute Gasteiger partial charge is 0.280 e. The molecule has 0 aliphatic heterocycles. The van der Waals surface area contributed by atoms with E-state index in [2.05, 4.69) is 24.7 Å². The Morgan fingerprint density at radius 2 is 1.71 bits per heavy atom. The largest absolute Gasteiger partial charge is 0.493 e. The van der Waals surface area contributed by atoms with Crippen LogP contribution >= 0.6 is 0 Å². The number of sulfonamides is 1. The molecule has 0 spiro atoms. The zero-order chi connectivity index (χ0) is 25.0. The molecule has 0 atom stereocenters. The highest BCUT2D eigenvalue weighted by molar-refractivity contribution is 7.92. The summed E-state index contributed by atoms with van der Waals surface area (Å²) in [5.41, 5.74) is 1.17. The van der Waals surface area contributed by atoms with Gasteiger partial charge in [-0.15, -0.1) is 0 Å². The van der Waals surface area contributed by atoms with Gasteiger partial charge in [0.15, 0.2) is 28.2 Å². The lowest BCUT2D eigenvalue weighted by Crippen LogP contribution is -2.17. The molecule has 12 heteroatoms. The van der Waals surface area contributed by atoms with Gasteiger partial charge in [-0.1, -0.05) is 18.2 Å². The highest BCUT2D eigenvalue weighted by atomic mass is 32.2. The minimum Gasteiger partial charge on any atom is -0.493 e. The van der Waals surface area contributed by atoms with E-state index in [1.807, 2.05) is 0 Å². The Labute approximate surface area is 201 Å². The molecule has 0 bridgehead atoms. The molecule has 35 heavy (non-hydrogen) atoms. The summed E-state index contributed by atoms with van der Waals surface area (Å²) in [4.78, 5) is 16.4. The van der Waals surface area contributed by atoms with Crippen molar-refractivity contribution in [2.75, 3.05) is 18.9 Å². The van der Waals surface area contributed by atoms with Gasteiger partial charge in [0.25, 0.3) is 15.9 Å². The van der Waals surface area contributed by atoms with Crippen molar-refractivity contribution in [2.24, 2.45) is 0 Å². The van der Waals surface area contributed by atoms with E-state index in [4.69, 9.17) is 14.2 Å². The maximum absolute atomic E-state index is 13.1. The second kappa shape index (κ2) is 9.81. The monoisotopic (exact) mass is 495 g/mol. The first kappa shape index (κ1) is 23.7. The SMILES string of the molecule is COc1ccccc1Oc1c(NS(=O)(=O)c2ccc(C)cn2)nc(-c2ccnc(O)c2)nc1OC. The van der Waals surface area contributed by atoms with Gasteiger partial charge in [-0.25, -0.2) is 15.0 Å². The van der Waals surface area contributed by atoms with Gasteiger partial charge in [0, 0.05) is 24.0 Å². The molecule has 1 aromatic carbocycles. The van der Waals surface area contributed by atoms with Crippen molar-refractivity contribution >= 4 is 15.8 Å². The topological polar surface area (TPSA) is 146 Å². The number of pyridine rings is 2. The molecule has 2 N–H and O–H groups in total. The van der Waals surface area contributed by atoms with Crippen molar-refractivity contribution in [3.63, 3.8) is 0 Å². The van der Waals surface area contributed by atoms with Gasteiger partial charge in [-0.2, -0.15) is 13.4 Å². The molecule has 180 valence electrons. The number of ether oxygens (including phenoxy) is 3. The highest BCUT2D eigenvalue weighted by Gasteiger charge is 2.25. The fraction of sp³-hybridized carbons (Fsp3) is 0.130. The predicted molar refractivity (Wildman–Crippen MR) is 126 cm³/mol. The fourth-order valence-electron chi connectivity index (χ4n) is 3.02. The van der Waals surface area contributed by atoms with Crippen LogP contribution in [0.5, 0.6) is 29.0 Å². The number of rotatable bonds is 8. The van der Waals surface area contributed by atoms with Gasteiger partial charge < -0.3 is 19.3 Å². The van der Waals surface area contributed by atoms with Crippen molar-refractivity contribution in [3.8, 4) is 40.4 Å². The molecule has 0 aliphatic rings. The van der Waals surface area contributed by atoms with Gasteiger partial charge in [0.2, 0.25) is 11.6 Å². The summed E-state index contributed by atoms with van der Waals surface area (Å²) in [5.74, 6) is 0.0941. The van der Waals surface area contributed by atoms with Gasteiger partial charge >= 0.3 is 0 Å². The molecule has 4 rings (SSSR count). The minimum atomic E-state index is -4.17. The van der Waals surface area contributed by atoms with Crippen LogP contribution in [0.1, 0.15) is 5.56 Å². The number of hydrogen-bond donors (Lipinski definition) is 2. The Hall–Kier alpha value is -4.45. The summed E-state index contributed by atoms with van der Waals surface area (Å²) >= 11 is 0. The minimum absolute atomic E-state index is 0.0569. The molecule has 3 heterocycles. The number of nitrogens with zero attached hydrogens (tertiary/aromatic N) is 4. The van der Waals surface area contributed by atoms with Crippen LogP contribution in [-0.4, -0.2) is 47.7 Å². The zero-order valence-electron chi connectivity index (χ0n) is 19.0. The Kier molecular flexibility index (Phi) is 6.64. The summed E-state index contributed by atoms with van der Waals surface area (Å²) in [7, 11) is -1.35. The van der Waals surface area contributed by atoms with Crippen LogP contribution in [0.4, 0.5) is 5.82 Å². The van der Waals surface area contributed by atoms with Crippen molar-refractivity contribution < 1.29 is 27.7 Å². The molecule has 0 saturated carbocycles. The second-order valence-electron chi connectivity index (χ2n) is 7.17. The third-order valence-electron chi connectivity index (χ3n) is 4.70. The summed E-state index contributed by atoms with van der Waals surface area (Å²) < 4.78 is 45.4. The number of para-hydroxylation sites is 2. The number of aromatic nitrogens is 4. The van der Waals surface area contributed by atoms with Crippen molar-refractivity contribution in [1.82, 2.24) is 19.9 Å². The molecule has 3 aromatic heterocycles. The molecule has 0 radical (unpaired) electrons. The van der Waals surface area contributed by atoms with E-state index in [0.717, 1.165) is 5.56 Å². The van der Waals surface area contributed by atoms with Crippen LogP contribution in [-0.2, 0) is 10.0 Å². The molecule has 0 fully saturated rings. The first-order valence-electron chi connectivity index (χ1n) is 10.2. The molecule has 0 saturated heterocycles. The Morgan fingerprint density at radius 3 is 2.37 bits per heavy atom. The van der Waals surface area contributed by atoms with Crippen LogP contribution in [0.15, 0.2) is 66.0 Å². The molecular weight excluding hydrogens is 474 g/mol. The van der Waals surface area contributed by atoms with Gasteiger partial charge in [0.05, 0.1) is 14.2 Å². The lowest BCUT2D eigenvalue weighted by atomic mass is 10.2. The normalized spacial score (nSPS) is 11.1. The number of hydrogen-bond acceptors (Lipinski definition) is 10. The molecular formula is C23H21N5O6S. The average Bonchev–Trinajstić information content (AvgIpc) is 2.85. The van der Waals surface area contributed by atoms with Crippen LogP contribution in [0.25, 0.3) is 11.4 Å². The number of methoxy groups -OCH3 is 2. The maximum Gasteiger partial charge on any atom is 0.280 e. The fourth-order valence-corrected chi connectivity index (χ4v) is 3.96. The van der Waals surface area contributed by atoms with E-state index >= 15 is 0 Å². The van der Waals surface area contributed by atoms with E-state index in [-0.39, 0.29) is 39.9 Å². The average molecular weight is 496 g/mol. The van der Waals surface area contributed by atoms with E-state index < -0.39 is 10.0 Å². The molecule has 0 aliphatic carbocycles. The highest BCUT2D eigenvalue weighted by Crippen LogP contribution is 2.41. The number of aromatic hydroxyl groups is 1. The first-order chi connectivity index (χ1) is 16.8. The molecule has 11 nitrogen and oxygen atoms in total. The van der Waals surface area contributed by atoms with Gasteiger partial charge in [-0.3, -0.25) is 4.72 Å². The van der Waals surface area contributed by atoms with E-state index in [1.165, 1.54) is 38.7 Å². The van der Waals surface area contributed by atoms with E-state index in [1.54, 1.807) is 43.3 Å². The third kappa shape index (κ3) is 5.22. The molecule has 0 unspecified atom stereocenters. The van der Waals surface area contributed by atoms with Crippen molar-refractivity contribution in [3.05, 3.63) is 66.5 Å². The number of benzene rings is 1. The third-order valence-corrected chi connectivity index (χ3v) is 5.96. The Bertz CT molecular complexity index is 1460. The van der Waals surface area contributed by atoms with Crippen LogP contribution in [0.2, 0.25) is 0 Å². The van der Waals surface area contributed by atoms with E-state index in [9.17, 15) is 13.5 Å². The summed E-state index contributed by atoms with van der Waals surface area (Å²) in [6.07, 6.45) is 2.80. The van der Waals surface area contributed by atoms with Crippen LogP contribution in [0, 0.1) is 6.92 Å². The van der Waals surface area contributed by atoms with Gasteiger partial charge in [0.1, 0.15) is 0 Å². The van der Waals surface area contributed by atoms with Crippen molar-refractivity contribution in [2.45, 2.75) is 11.9 Å². The number of anilines is 1. The zero-order valence-corrected chi connectivity index (χ0v) is 19.8. The second-order valence-corrected chi connectivity index (χ2v) is 8.80. The standard InChI is InChI=1S/C23H21N5O6S/c1-14-8-9-19(25-13-14)35(30,31)28-22-20(34-17-7-5-4-6-16(17)32-2)23(33-3)27-21(26-22)15-10-11-24-18(29)12-15/h4-13H,1-3H3,(H,24,29)(H,26,27,28). The summed E-state index contributed by atoms with van der Waals surface area (Å²) in [6.45, 7) is 1.79. The van der Waals surface area contributed by atoms with Gasteiger partial charge in [-0.05, 0) is 36.8 Å². The lowest BCUT2D eigenvalue weighted by Gasteiger charge is -2.17. The first-order valence-corrected chi connectivity index (χ1v) is 11.7. The number of aryl methyl sites for hydroxylation is 1. The molecule has 0 amide bonds. The predicted octanol–water partition coefficient (Wildman–Crippen LogP) is 3.56. The lowest BCUT2D eigenvalue weighted by molar-refractivity contribution is 0.348. The summed E-state index contributed by atoms with van der Waals surface area (Å²) in [6, 6.07) is 12.7. The van der Waals surface area contributed by atoms with Crippen molar-refractivity contribution in [1.29, 1.82) is 0 Å². The van der Waals surface area contributed by atoms with Crippen LogP contribution < -0.4 is 18.9 Å². The van der Waals surface area contributed by atoms with E-state index in [0.29, 0.717) is 11.3 Å². The Balaban J connectivity index is 1.87.